The molecule has 0 amide bonds. The van der Waals surface area contributed by atoms with Gasteiger partial charge in [0.1, 0.15) is 11.3 Å². The molecule has 0 aliphatic rings. The Morgan fingerprint density at radius 3 is 2.67 bits per heavy atom. The van der Waals surface area contributed by atoms with Crippen LogP contribution < -0.4 is 10.5 Å². The van der Waals surface area contributed by atoms with Crippen LogP contribution in [0.15, 0.2) is 18.2 Å². The van der Waals surface area contributed by atoms with Crippen molar-refractivity contribution in [2.75, 3.05) is 5.73 Å². The van der Waals surface area contributed by atoms with Gasteiger partial charge in [-0.25, -0.2) is 4.98 Å². The van der Waals surface area contributed by atoms with E-state index in [1.807, 2.05) is 13.8 Å². The number of alkyl halides is 3. The molecule has 0 aliphatic heterocycles. The maximum atomic E-state index is 12.2. The molecule has 4 nitrogen and oxygen atoms in total. The molecule has 0 bridgehead atoms. The maximum Gasteiger partial charge on any atom is 0.389 e. The lowest BCUT2D eigenvalue weighted by atomic mass is 10.2. The number of anilines is 1. The minimum absolute atomic E-state index is 0.0211. The van der Waals surface area contributed by atoms with Crippen molar-refractivity contribution in [1.29, 1.82) is 0 Å². The van der Waals surface area contributed by atoms with Gasteiger partial charge in [0.2, 0.25) is 5.95 Å². The van der Waals surface area contributed by atoms with Crippen molar-refractivity contribution < 1.29 is 17.9 Å². The summed E-state index contributed by atoms with van der Waals surface area (Å²) >= 11 is 0. The number of hydrogen-bond donors (Lipinski definition) is 1. The third kappa shape index (κ3) is 3.80. The third-order valence-electron chi connectivity index (χ3n) is 2.98. The number of ether oxygens (including phenoxy) is 1. The van der Waals surface area contributed by atoms with E-state index in [2.05, 4.69) is 4.98 Å². The van der Waals surface area contributed by atoms with Crippen LogP contribution >= 0.6 is 0 Å². The summed E-state index contributed by atoms with van der Waals surface area (Å²) in [5, 5.41) is 0. The SMILES string of the molecule is CC(C)Oc1cccc2c1nc(N)n2CCCC(F)(F)F. The molecule has 2 rings (SSSR count). The molecule has 0 atom stereocenters. The van der Waals surface area contributed by atoms with Gasteiger partial charge in [-0.15, -0.1) is 0 Å². The van der Waals surface area contributed by atoms with Gasteiger partial charge in [-0.3, -0.25) is 0 Å². The van der Waals surface area contributed by atoms with Crippen LogP contribution in [-0.4, -0.2) is 21.8 Å². The molecule has 0 radical (unpaired) electrons. The molecule has 116 valence electrons. The fourth-order valence-corrected chi connectivity index (χ4v) is 2.16. The first-order valence-corrected chi connectivity index (χ1v) is 6.76. The average Bonchev–Trinajstić information content (AvgIpc) is 2.65. The van der Waals surface area contributed by atoms with Crippen molar-refractivity contribution in [2.45, 2.75) is 45.5 Å². The van der Waals surface area contributed by atoms with Crippen molar-refractivity contribution in [1.82, 2.24) is 9.55 Å². The van der Waals surface area contributed by atoms with Crippen LogP contribution in [0, 0.1) is 0 Å². The highest BCUT2D eigenvalue weighted by atomic mass is 19.4. The number of halogens is 3. The molecule has 2 N–H and O–H groups in total. The quantitative estimate of drug-likeness (QED) is 0.915. The molecule has 2 aromatic rings. The summed E-state index contributed by atoms with van der Waals surface area (Å²) in [5.74, 6) is 0.788. The first-order valence-electron chi connectivity index (χ1n) is 6.76. The highest BCUT2D eigenvalue weighted by molar-refractivity contribution is 5.84. The fraction of sp³-hybridized carbons (Fsp3) is 0.500. The van der Waals surface area contributed by atoms with Gasteiger partial charge in [-0.05, 0) is 32.4 Å². The zero-order chi connectivity index (χ0) is 15.6. The van der Waals surface area contributed by atoms with E-state index in [1.54, 1.807) is 22.8 Å². The van der Waals surface area contributed by atoms with Crippen molar-refractivity contribution >= 4 is 17.0 Å². The van der Waals surface area contributed by atoms with Crippen LogP contribution in [0.4, 0.5) is 19.1 Å². The number of nitrogens with zero attached hydrogens (tertiary/aromatic N) is 2. The minimum atomic E-state index is -4.16. The van der Waals surface area contributed by atoms with E-state index in [0.717, 1.165) is 0 Å². The minimum Gasteiger partial charge on any atom is -0.489 e. The number of hydrogen-bond acceptors (Lipinski definition) is 3. The van der Waals surface area contributed by atoms with Crippen LogP contribution in [0.5, 0.6) is 5.75 Å². The summed E-state index contributed by atoms with van der Waals surface area (Å²) < 4.78 is 43.9. The van der Waals surface area contributed by atoms with Gasteiger partial charge < -0.3 is 15.0 Å². The largest absolute Gasteiger partial charge is 0.489 e. The van der Waals surface area contributed by atoms with E-state index in [-0.39, 0.29) is 25.0 Å². The van der Waals surface area contributed by atoms with E-state index >= 15 is 0 Å². The van der Waals surface area contributed by atoms with Gasteiger partial charge in [0.15, 0.2) is 0 Å². The number of imidazole rings is 1. The van der Waals surface area contributed by atoms with Gasteiger partial charge in [0, 0.05) is 13.0 Å². The topological polar surface area (TPSA) is 53.1 Å². The lowest BCUT2D eigenvalue weighted by molar-refractivity contribution is -0.135. The zero-order valence-electron chi connectivity index (χ0n) is 11.9. The molecule has 21 heavy (non-hydrogen) atoms. The van der Waals surface area contributed by atoms with Gasteiger partial charge in [0.05, 0.1) is 11.6 Å². The number of benzene rings is 1. The summed E-state index contributed by atoms with van der Waals surface area (Å²) in [6, 6.07) is 5.33. The molecular weight excluding hydrogens is 283 g/mol. The molecule has 0 saturated heterocycles. The molecule has 0 unspecified atom stereocenters. The average molecular weight is 301 g/mol. The molecule has 1 aromatic heterocycles. The Balaban J connectivity index is 2.26. The Kier molecular flexibility index (Phi) is 4.29. The van der Waals surface area contributed by atoms with Crippen LogP contribution in [0.2, 0.25) is 0 Å². The van der Waals surface area contributed by atoms with Gasteiger partial charge in [-0.1, -0.05) is 6.07 Å². The molecule has 0 aliphatic carbocycles. The summed E-state index contributed by atoms with van der Waals surface area (Å²) in [6.07, 6.45) is -5.05. The van der Waals surface area contributed by atoms with E-state index in [1.165, 1.54) is 0 Å². The van der Waals surface area contributed by atoms with Gasteiger partial charge >= 0.3 is 6.18 Å². The van der Waals surface area contributed by atoms with Crippen molar-refractivity contribution in [3.05, 3.63) is 18.2 Å². The predicted molar refractivity (Wildman–Crippen MR) is 75.2 cm³/mol. The number of fused-ring (bicyclic) bond motifs is 1. The standard InChI is InChI=1S/C14H18F3N3O/c1-9(2)21-11-6-3-5-10-12(11)19-13(18)20(10)8-4-7-14(15,16)17/h3,5-6,9H,4,7-8H2,1-2H3,(H2,18,19). The summed E-state index contributed by atoms with van der Waals surface area (Å²) in [5.41, 5.74) is 7.09. The Morgan fingerprint density at radius 1 is 1.33 bits per heavy atom. The van der Waals surface area contributed by atoms with Crippen LogP contribution in [-0.2, 0) is 6.54 Å². The molecule has 1 heterocycles. The Bertz CT molecular complexity index is 620. The first-order chi connectivity index (χ1) is 9.78. The Morgan fingerprint density at radius 2 is 2.05 bits per heavy atom. The van der Waals surface area contributed by atoms with E-state index < -0.39 is 12.6 Å². The Hall–Kier alpha value is -1.92. The van der Waals surface area contributed by atoms with Crippen LogP contribution in [0.1, 0.15) is 26.7 Å². The lowest BCUT2D eigenvalue weighted by Gasteiger charge is -2.11. The zero-order valence-corrected chi connectivity index (χ0v) is 11.9. The second kappa shape index (κ2) is 5.83. The maximum absolute atomic E-state index is 12.2. The third-order valence-corrected chi connectivity index (χ3v) is 2.98. The van der Waals surface area contributed by atoms with Crippen molar-refractivity contribution in [2.24, 2.45) is 0 Å². The first kappa shape index (κ1) is 15.5. The smallest absolute Gasteiger partial charge is 0.389 e. The summed E-state index contributed by atoms with van der Waals surface area (Å²) in [6.45, 7) is 3.96. The molecule has 1 aromatic carbocycles. The van der Waals surface area contributed by atoms with E-state index in [9.17, 15) is 13.2 Å². The number of nitrogen functional groups attached to an aromatic ring is 1. The second-order valence-corrected chi connectivity index (χ2v) is 5.13. The number of nitrogens with two attached hydrogens (primary N) is 1. The fourth-order valence-electron chi connectivity index (χ4n) is 2.16. The molecule has 0 spiro atoms. The monoisotopic (exact) mass is 301 g/mol. The summed E-state index contributed by atoms with van der Waals surface area (Å²) in [7, 11) is 0. The Labute approximate surface area is 120 Å². The lowest BCUT2D eigenvalue weighted by Crippen LogP contribution is -2.10. The second-order valence-electron chi connectivity index (χ2n) is 5.13. The van der Waals surface area contributed by atoms with Crippen LogP contribution in [0.3, 0.4) is 0 Å². The number of aryl methyl sites for hydroxylation is 1. The normalized spacial score (nSPS) is 12.3. The highest BCUT2D eigenvalue weighted by Crippen LogP contribution is 2.29. The number of rotatable bonds is 5. The molecule has 0 fully saturated rings. The number of para-hydroxylation sites is 1. The van der Waals surface area contributed by atoms with Crippen molar-refractivity contribution in [3.63, 3.8) is 0 Å². The van der Waals surface area contributed by atoms with E-state index in [4.69, 9.17) is 10.5 Å². The van der Waals surface area contributed by atoms with Crippen LogP contribution in [0.25, 0.3) is 11.0 Å². The van der Waals surface area contributed by atoms with Crippen molar-refractivity contribution in [3.8, 4) is 5.75 Å². The summed E-state index contributed by atoms with van der Waals surface area (Å²) in [4.78, 5) is 4.22. The number of aromatic nitrogens is 2. The van der Waals surface area contributed by atoms with Gasteiger partial charge in [-0.2, -0.15) is 13.2 Å². The molecule has 0 saturated carbocycles. The van der Waals surface area contributed by atoms with E-state index in [0.29, 0.717) is 16.8 Å². The predicted octanol–water partition coefficient (Wildman–Crippen LogP) is 3.75. The highest BCUT2D eigenvalue weighted by Gasteiger charge is 2.26. The molecular formula is C14H18F3N3O. The molecule has 7 heteroatoms. The van der Waals surface area contributed by atoms with Gasteiger partial charge in [0.25, 0.3) is 0 Å².